The first kappa shape index (κ1) is 19.0. The molecular formula is C22H23N3O4. The van der Waals surface area contributed by atoms with Crippen molar-refractivity contribution in [2.75, 3.05) is 5.32 Å². The maximum Gasteiger partial charge on any atom is 0.339 e. The lowest BCUT2D eigenvalue weighted by atomic mass is 9.97. The number of anilines is 1. The van der Waals surface area contributed by atoms with Crippen molar-refractivity contribution >= 4 is 28.5 Å². The Morgan fingerprint density at radius 1 is 1.17 bits per heavy atom. The molecule has 29 heavy (non-hydrogen) atoms. The molecule has 0 aliphatic heterocycles. The Hall–Kier alpha value is -3.35. The molecule has 1 aliphatic rings. The first-order valence-corrected chi connectivity index (χ1v) is 9.81. The maximum absolute atomic E-state index is 11.8. The summed E-state index contributed by atoms with van der Waals surface area (Å²) < 4.78 is 6.11. The van der Waals surface area contributed by atoms with Crippen LogP contribution in [0.1, 0.15) is 49.4 Å². The largest absolute Gasteiger partial charge is 0.490 e. The molecule has 0 unspecified atom stereocenters. The van der Waals surface area contributed by atoms with Gasteiger partial charge in [0.2, 0.25) is 5.91 Å². The number of carbonyl (C=O) groups is 2. The van der Waals surface area contributed by atoms with Crippen molar-refractivity contribution in [1.82, 2.24) is 10.2 Å². The van der Waals surface area contributed by atoms with Crippen LogP contribution in [0.5, 0.6) is 5.75 Å². The monoisotopic (exact) mass is 393 g/mol. The predicted octanol–water partition coefficient (Wildman–Crippen LogP) is 4.60. The Morgan fingerprint density at radius 3 is 2.69 bits per heavy atom. The van der Waals surface area contributed by atoms with Crippen LogP contribution >= 0.6 is 0 Å². The van der Waals surface area contributed by atoms with Gasteiger partial charge in [0.1, 0.15) is 17.0 Å². The molecule has 1 aromatic heterocycles. The Morgan fingerprint density at radius 2 is 1.97 bits per heavy atom. The van der Waals surface area contributed by atoms with Crippen LogP contribution in [0.4, 0.5) is 5.69 Å². The number of aromatic amines is 1. The van der Waals surface area contributed by atoms with E-state index in [0.717, 1.165) is 36.6 Å². The predicted molar refractivity (Wildman–Crippen MR) is 110 cm³/mol. The standard InChI is InChI=1S/C22H23N3O4/c1-13(26)23-15-7-5-6-14(10-15)21-17-12-20(29-16-8-3-2-4-9-16)18(22(27)28)11-19(17)24-25-21/h5-7,10-12,16H,2-4,8-9H2,1H3,(H,23,26)(H,24,25)(H,27,28). The lowest BCUT2D eigenvalue weighted by Crippen LogP contribution is -2.20. The van der Waals surface area contributed by atoms with Crippen LogP contribution in [0, 0.1) is 0 Å². The van der Waals surface area contributed by atoms with E-state index in [4.69, 9.17) is 4.74 Å². The van der Waals surface area contributed by atoms with Gasteiger partial charge in [-0.2, -0.15) is 5.10 Å². The summed E-state index contributed by atoms with van der Waals surface area (Å²) in [6.07, 6.45) is 5.31. The summed E-state index contributed by atoms with van der Waals surface area (Å²) in [6, 6.07) is 10.7. The zero-order valence-electron chi connectivity index (χ0n) is 16.2. The van der Waals surface area contributed by atoms with Crippen molar-refractivity contribution in [3.8, 4) is 17.0 Å². The minimum Gasteiger partial charge on any atom is -0.490 e. The third-order valence-electron chi connectivity index (χ3n) is 5.20. The van der Waals surface area contributed by atoms with Gasteiger partial charge in [-0.3, -0.25) is 9.89 Å². The number of carboxylic acids is 1. The first-order chi connectivity index (χ1) is 14.0. The van der Waals surface area contributed by atoms with Crippen LogP contribution in [0.2, 0.25) is 0 Å². The highest BCUT2D eigenvalue weighted by Gasteiger charge is 2.21. The molecule has 4 rings (SSSR count). The molecule has 2 aromatic carbocycles. The van der Waals surface area contributed by atoms with Crippen molar-refractivity contribution in [3.05, 3.63) is 42.0 Å². The molecule has 1 amide bonds. The SMILES string of the molecule is CC(=O)Nc1cccc(-c2n[nH]c3cc(C(=O)O)c(OC4CCCCC4)cc23)c1. The molecule has 0 atom stereocenters. The summed E-state index contributed by atoms with van der Waals surface area (Å²) in [5.74, 6) is -0.803. The summed E-state index contributed by atoms with van der Waals surface area (Å²) in [4.78, 5) is 23.1. The second kappa shape index (κ2) is 7.95. The van der Waals surface area contributed by atoms with Gasteiger partial charge in [-0.05, 0) is 49.9 Å². The molecule has 7 heteroatoms. The molecule has 1 saturated carbocycles. The quantitative estimate of drug-likeness (QED) is 0.588. The Balaban J connectivity index is 1.75. The second-order valence-electron chi connectivity index (χ2n) is 7.41. The van der Waals surface area contributed by atoms with E-state index >= 15 is 0 Å². The molecule has 1 fully saturated rings. The fraction of sp³-hybridized carbons (Fsp3) is 0.318. The number of ether oxygens (including phenoxy) is 1. The van der Waals surface area contributed by atoms with Gasteiger partial charge in [-0.1, -0.05) is 18.6 Å². The second-order valence-corrected chi connectivity index (χ2v) is 7.41. The fourth-order valence-corrected chi connectivity index (χ4v) is 3.84. The van der Waals surface area contributed by atoms with E-state index in [1.54, 1.807) is 18.2 Å². The number of fused-ring (bicyclic) bond motifs is 1. The van der Waals surface area contributed by atoms with Crippen molar-refractivity contribution in [3.63, 3.8) is 0 Å². The number of nitrogens with zero attached hydrogens (tertiary/aromatic N) is 1. The Labute approximate surface area is 168 Å². The number of nitrogens with one attached hydrogen (secondary N) is 2. The molecule has 0 bridgehead atoms. The van der Waals surface area contributed by atoms with E-state index in [1.807, 2.05) is 18.2 Å². The van der Waals surface area contributed by atoms with Gasteiger partial charge in [0, 0.05) is 23.6 Å². The summed E-state index contributed by atoms with van der Waals surface area (Å²) >= 11 is 0. The number of aromatic carboxylic acids is 1. The van der Waals surface area contributed by atoms with Crippen molar-refractivity contribution < 1.29 is 19.4 Å². The summed E-state index contributed by atoms with van der Waals surface area (Å²) in [5.41, 5.74) is 2.92. The van der Waals surface area contributed by atoms with E-state index in [0.29, 0.717) is 22.6 Å². The van der Waals surface area contributed by atoms with Gasteiger partial charge in [-0.25, -0.2) is 4.79 Å². The number of amides is 1. The smallest absolute Gasteiger partial charge is 0.339 e. The van der Waals surface area contributed by atoms with Crippen LogP contribution < -0.4 is 10.1 Å². The molecule has 7 nitrogen and oxygen atoms in total. The lowest BCUT2D eigenvalue weighted by Gasteiger charge is -2.23. The minimum absolute atomic E-state index is 0.0396. The van der Waals surface area contributed by atoms with Gasteiger partial charge in [0.05, 0.1) is 11.6 Å². The lowest BCUT2D eigenvalue weighted by molar-refractivity contribution is -0.114. The van der Waals surface area contributed by atoms with E-state index in [2.05, 4.69) is 15.5 Å². The van der Waals surface area contributed by atoms with E-state index < -0.39 is 5.97 Å². The molecule has 0 spiro atoms. The normalized spacial score (nSPS) is 14.7. The van der Waals surface area contributed by atoms with Gasteiger partial charge in [0.15, 0.2) is 0 Å². The molecule has 3 N–H and O–H groups in total. The fourth-order valence-electron chi connectivity index (χ4n) is 3.84. The highest BCUT2D eigenvalue weighted by Crippen LogP contribution is 2.34. The first-order valence-electron chi connectivity index (χ1n) is 9.81. The van der Waals surface area contributed by atoms with Gasteiger partial charge in [-0.15, -0.1) is 0 Å². The van der Waals surface area contributed by atoms with Crippen LogP contribution in [0.3, 0.4) is 0 Å². The molecule has 1 aliphatic carbocycles. The number of carbonyl (C=O) groups excluding carboxylic acids is 1. The Kier molecular flexibility index (Phi) is 5.20. The maximum atomic E-state index is 11.8. The molecule has 0 radical (unpaired) electrons. The molecular weight excluding hydrogens is 370 g/mol. The number of aromatic nitrogens is 2. The van der Waals surface area contributed by atoms with Gasteiger partial charge >= 0.3 is 5.97 Å². The molecule has 1 heterocycles. The topological polar surface area (TPSA) is 104 Å². The van der Waals surface area contributed by atoms with Crippen molar-refractivity contribution in [2.24, 2.45) is 0 Å². The third-order valence-corrected chi connectivity index (χ3v) is 5.20. The number of rotatable bonds is 5. The van der Waals surface area contributed by atoms with Crippen LogP contribution in [-0.2, 0) is 4.79 Å². The molecule has 150 valence electrons. The molecule has 0 saturated heterocycles. The average molecular weight is 393 g/mol. The average Bonchev–Trinajstić information content (AvgIpc) is 3.10. The minimum atomic E-state index is -1.03. The number of H-pyrrole nitrogens is 1. The summed E-state index contributed by atoms with van der Waals surface area (Å²) in [5, 5.41) is 20.5. The highest BCUT2D eigenvalue weighted by atomic mass is 16.5. The van der Waals surface area contributed by atoms with Gasteiger partial charge in [0.25, 0.3) is 0 Å². The summed E-state index contributed by atoms with van der Waals surface area (Å²) in [6.45, 7) is 1.46. The van der Waals surface area contributed by atoms with Crippen LogP contribution in [0.25, 0.3) is 22.2 Å². The Bertz CT molecular complexity index is 1070. The zero-order valence-corrected chi connectivity index (χ0v) is 16.2. The van der Waals surface area contributed by atoms with Crippen molar-refractivity contribution in [1.29, 1.82) is 0 Å². The highest BCUT2D eigenvalue weighted by molar-refractivity contribution is 6.01. The third kappa shape index (κ3) is 4.08. The summed E-state index contributed by atoms with van der Waals surface area (Å²) in [7, 11) is 0. The van der Waals surface area contributed by atoms with Crippen LogP contribution in [-0.4, -0.2) is 33.3 Å². The zero-order chi connectivity index (χ0) is 20.4. The van der Waals surface area contributed by atoms with Crippen molar-refractivity contribution in [2.45, 2.75) is 45.1 Å². The number of hydrogen-bond donors (Lipinski definition) is 3. The number of carboxylic acid groups (broad SMARTS) is 1. The van der Waals surface area contributed by atoms with Crippen LogP contribution in [0.15, 0.2) is 36.4 Å². The van der Waals surface area contributed by atoms with E-state index in [1.165, 1.54) is 13.3 Å². The molecule has 3 aromatic rings. The van der Waals surface area contributed by atoms with E-state index in [9.17, 15) is 14.7 Å². The van der Waals surface area contributed by atoms with E-state index in [-0.39, 0.29) is 17.6 Å². The number of benzene rings is 2. The van der Waals surface area contributed by atoms with Gasteiger partial charge < -0.3 is 15.2 Å². The number of hydrogen-bond acceptors (Lipinski definition) is 4.